The molecule has 0 spiro atoms. The van der Waals surface area contributed by atoms with Crippen LogP contribution in [0, 0.1) is 5.41 Å². The van der Waals surface area contributed by atoms with E-state index in [1.54, 1.807) is 13.8 Å². The van der Waals surface area contributed by atoms with Crippen molar-refractivity contribution in [3.05, 3.63) is 0 Å². The fourth-order valence-electron chi connectivity index (χ4n) is 0.825. The third-order valence-electron chi connectivity index (χ3n) is 1.78. The molecule has 0 aliphatic carbocycles. The lowest BCUT2D eigenvalue weighted by atomic mass is 9.88. The van der Waals surface area contributed by atoms with Gasteiger partial charge in [-0.3, -0.25) is 4.94 Å². The van der Waals surface area contributed by atoms with Crippen molar-refractivity contribution < 1.29 is 14.3 Å². The molecule has 0 atom stereocenters. The molecule has 2 nitrogen and oxygen atoms in total. The second-order valence-corrected chi connectivity index (χ2v) is 3.35. The predicted molar refractivity (Wildman–Crippen MR) is 40.5 cm³/mol. The second kappa shape index (κ2) is 4.31. The van der Waals surface area contributed by atoms with Gasteiger partial charge in [-0.15, -0.1) is 0 Å². The van der Waals surface area contributed by atoms with E-state index in [2.05, 4.69) is 4.94 Å². The van der Waals surface area contributed by atoms with E-state index in [4.69, 9.17) is 0 Å². The van der Waals surface area contributed by atoms with Crippen LogP contribution < -0.4 is 0 Å². The van der Waals surface area contributed by atoms with Crippen LogP contribution in [0.3, 0.4) is 0 Å². The van der Waals surface area contributed by atoms with Crippen molar-refractivity contribution in [2.75, 3.05) is 0 Å². The molecule has 0 aromatic rings. The average Bonchev–Trinajstić information content (AvgIpc) is 1.99. The van der Waals surface area contributed by atoms with Crippen LogP contribution in [-0.2, 0) is 9.74 Å². The van der Waals surface area contributed by atoms with E-state index in [1.165, 1.54) is 0 Å². The van der Waals surface area contributed by atoms with Crippen LogP contribution in [0.25, 0.3) is 0 Å². The predicted octanol–water partition coefficient (Wildman–Crippen LogP) is 2.63. The number of hydrogen-bond donors (Lipinski definition) is 0. The standard InChI is InChI=1S/C8H15FO2/c1-4-5-6-8(2,3)7(10)11-9/h4-6H2,1-3H3. The van der Waals surface area contributed by atoms with Gasteiger partial charge in [0.15, 0.2) is 0 Å². The van der Waals surface area contributed by atoms with Gasteiger partial charge in [-0.25, -0.2) is 4.79 Å². The number of unbranched alkanes of at least 4 members (excludes halogenated alkanes) is 1. The minimum absolute atomic E-state index is 0.673. The van der Waals surface area contributed by atoms with Crippen LogP contribution in [0.4, 0.5) is 4.53 Å². The summed E-state index contributed by atoms with van der Waals surface area (Å²) in [5.41, 5.74) is -0.676. The molecular formula is C8H15FO2. The van der Waals surface area contributed by atoms with Crippen molar-refractivity contribution in [3.63, 3.8) is 0 Å². The van der Waals surface area contributed by atoms with E-state index in [0.29, 0.717) is 6.42 Å². The fourth-order valence-corrected chi connectivity index (χ4v) is 0.825. The van der Waals surface area contributed by atoms with Crippen LogP contribution in [0.1, 0.15) is 40.0 Å². The Morgan fingerprint density at radius 2 is 2.09 bits per heavy atom. The first-order valence-corrected chi connectivity index (χ1v) is 3.87. The van der Waals surface area contributed by atoms with Crippen LogP contribution in [0.2, 0.25) is 0 Å². The zero-order valence-electron chi connectivity index (χ0n) is 7.32. The molecule has 0 aliphatic rings. The Bertz CT molecular complexity index is 132. The molecule has 0 unspecified atom stereocenters. The second-order valence-electron chi connectivity index (χ2n) is 3.35. The highest BCUT2D eigenvalue weighted by atomic mass is 19.3. The zero-order valence-corrected chi connectivity index (χ0v) is 7.32. The molecular weight excluding hydrogens is 147 g/mol. The van der Waals surface area contributed by atoms with E-state index >= 15 is 0 Å². The van der Waals surface area contributed by atoms with Gasteiger partial charge < -0.3 is 0 Å². The normalized spacial score (nSPS) is 11.3. The average molecular weight is 162 g/mol. The third-order valence-corrected chi connectivity index (χ3v) is 1.78. The molecule has 0 aliphatic heterocycles. The smallest absolute Gasteiger partial charge is 0.254 e. The summed E-state index contributed by atoms with van der Waals surface area (Å²) in [7, 11) is 0. The lowest BCUT2D eigenvalue weighted by molar-refractivity contribution is -0.195. The van der Waals surface area contributed by atoms with E-state index in [1.807, 2.05) is 6.92 Å². The molecule has 3 heteroatoms. The first-order valence-electron chi connectivity index (χ1n) is 3.87. The fraction of sp³-hybridized carbons (Fsp3) is 0.875. The molecule has 0 heterocycles. The van der Waals surface area contributed by atoms with Gasteiger partial charge in [0, 0.05) is 4.53 Å². The highest BCUT2D eigenvalue weighted by molar-refractivity contribution is 5.75. The Balaban J connectivity index is 3.88. The molecule has 0 aromatic carbocycles. The van der Waals surface area contributed by atoms with Crippen LogP contribution in [-0.4, -0.2) is 5.97 Å². The van der Waals surface area contributed by atoms with Crippen molar-refractivity contribution in [3.8, 4) is 0 Å². The summed E-state index contributed by atoms with van der Waals surface area (Å²) in [5, 5.41) is 0. The van der Waals surface area contributed by atoms with Gasteiger partial charge in [0.2, 0.25) is 0 Å². The largest absolute Gasteiger partial charge is 0.354 e. The summed E-state index contributed by atoms with van der Waals surface area (Å²) in [6, 6.07) is 0. The lowest BCUT2D eigenvalue weighted by Crippen LogP contribution is -2.24. The Morgan fingerprint density at radius 3 is 2.45 bits per heavy atom. The topological polar surface area (TPSA) is 26.3 Å². The number of halogens is 1. The molecule has 0 bridgehead atoms. The first kappa shape index (κ1) is 10.4. The van der Waals surface area contributed by atoms with Crippen molar-refractivity contribution >= 4 is 5.97 Å². The van der Waals surface area contributed by atoms with Crippen molar-refractivity contribution in [1.82, 2.24) is 0 Å². The van der Waals surface area contributed by atoms with Crippen LogP contribution in [0.5, 0.6) is 0 Å². The Kier molecular flexibility index (Phi) is 4.08. The lowest BCUT2D eigenvalue weighted by Gasteiger charge is -2.18. The molecule has 0 rings (SSSR count). The number of rotatable bonds is 4. The molecule has 0 amide bonds. The minimum Gasteiger partial charge on any atom is -0.254 e. The SMILES string of the molecule is CCCCC(C)(C)C(=O)OF. The molecule has 11 heavy (non-hydrogen) atoms. The number of hydrogen-bond acceptors (Lipinski definition) is 2. The molecule has 66 valence electrons. The van der Waals surface area contributed by atoms with Gasteiger partial charge in [0.05, 0.1) is 5.41 Å². The highest BCUT2D eigenvalue weighted by Gasteiger charge is 2.29. The first-order chi connectivity index (χ1) is 5.04. The Hall–Kier alpha value is -0.600. The summed E-state index contributed by atoms with van der Waals surface area (Å²) in [4.78, 5) is 13.9. The molecule has 0 aromatic heterocycles. The monoisotopic (exact) mass is 162 g/mol. The summed E-state index contributed by atoms with van der Waals surface area (Å²) >= 11 is 0. The third kappa shape index (κ3) is 3.35. The summed E-state index contributed by atoms with van der Waals surface area (Å²) < 4.78 is 11.5. The van der Waals surface area contributed by atoms with Gasteiger partial charge in [-0.1, -0.05) is 19.8 Å². The van der Waals surface area contributed by atoms with Crippen LogP contribution >= 0.6 is 0 Å². The highest BCUT2D eigenvalue weighted by Crippen LogP contribution is 2.24. The van der Waals surface area contributed by atoms with Crippen molar-refractivity contribution in [2.45, 2.75) is 40.0 Å². The minimum atomic E-state index is -0.772. The van der Waals surface area contributed by atoms with Crippen molar-refractivity contribution in [2.24, 2.45) is 5.41 Å². The van der Waals surface area contributed by atoms with Crippen molar-refractivity contribution in [1.29, 1.82) is 0 Å². The summed E-state index contributed by atoms with van der Waals surface area (Å²) in [6.07, 6.45) is 2.59. The molecule has 0 N–H and O–H groups in total. The summed E-state index contributed by atoms with van der Waals surface area (Å²) in [6.45, 7) is 5.39. The quantitative estimate of drug-likeness (QED) is 0.635. The van der Waals surface area contributed by atoms with E-state index < -0.39 is 11.4 Å². The maximum Gasteiger partial charge on any atom is 0.354 e. The van der Waals surface area contributed by atoms with Gasteiger partial charge in [0.1, 0.15) is 0 Å². The van der Waals surface area contributed by atoms with E-state index in [-0.39, 0.29) is 0 Å². The van der Waals surface area contributed by atoms with Gasteiger partial charge in [-0.05, 0) is 20.3 Å². The van der Waals surface area contributed by atoms with Gasteiger partial charge in [0.25, 0.3) is 0 Å². The van der Waals surface area contributed by atoms with E-state index in [9.17, 15) is 9.32 Å². The number of carbonyl (C=O) groups excluding carboxylic acids is 1. The van der Waals surface area contributed by atoms with E-state index in [0.717, 1.165) is 12.8 Å². The van der Waals surface area contributed by atoms with Crippen LogP contribution in [0.15, 0.2) is 0 Å². The molecule has 0 fully saturated rings. The number of carbonyl (C=O) groups is 1. The maximum absolute atomic E-state index is 11.5. The molecule has 0 radical (unpaired) electrons. The van der Waals surface area contributed by atoms with Gasteiger partial charge >= 0.3 is 5.97 Å². The summed E-state index contributed by atoms with van der Waals surface area (Å²) in [5.74, 6) is -0.772. The molecule has 0 saturated carbocycles. The van der Waals surface area contributed by atoms with Gasteiger partial charge in [-0.2, -0.15) is 0 Å². The molecule has 0 saturated heterocycles. The Labute approximate surface area is 66.6 Å². The Morgan fingerprint density at radius 1 is 1.55 bits per heavy atom. The maximum atomic E-state index is 11.5. The zero-order chi connectivity index (χ0) is 8.91.